The highest BCUT2D eigenvalue weighted by Gasteiger charge is 2.36. The van der Waals surface area contributed by atoms with Crippen molar-refractivity contribution in [1.82, 2.24) is 15.3 Å². The van der Waals surface area contributed by atoms with Gasteiger partial charge in [-0.1, -0.05) is 25.0 Å². The lowest BCUT2D eigenvalue weighted by Crippen LogP contribution is -2.45. The summed E-state index contributed by atoms with van der Waals surface area (Å²) in [5, 5.41) is 7.30. The molecule has 0 aromatic carbocycles. The van der Waals surface area contributed by atoms with Crippen LogP contribution in [0, 0.1) is 6.92 Å². The van der Waals surface area contributed by atoms with Crippen LogP contribution in [0.1, 0.15) is 36.8 Å². The predicted octanol–water partition coefficient (Wildman–Crippen LogP) is 3.54. The van der Waals surface area contributed by atoms with Crippen LogP contribution < -0.4 is 10.6 Å². The SMILES string of the molecule is Cc1ccc(NC(=S)NC2(c3cccnc3)CCCC2)nc1. The van der Waals surface area contributed by atoms with E-state index in [4.69, 9.17) is 12.2 Å². The highest BCUT2D eigenvalue weighted by Crippen LogP contribution is 2.38. The van der Waals surface area contributed by atoms with E-state index in [9.17, 15) is 0 Å². The van der Waals surface area contributed by atoms with Crippen LogP contribution in [-0.2, 0) is 5.54 Å². The van der Waals surface area contributed by atoms with E-state index in [1.165, 1.54) is 18.4 Å². The summed E-state index contributed by atoms with van der Waals surface area (Å²) in [5.74, 6) is 0.766. The number of aryl methyl sites for hydroxylation is 1. The second kappa shape index (κ2) is 6.40. The van der Waals surface area contributed by atoms with Gasteiger partial charge in [0.2, 0.25) is 0 Å². The van der Waals surface area contributed by atoms with Crippen molar-refractivity contribution in [3.63, 3.8) is 0 Å². The Bertz CT molecular complexity index is 633. The minimum Gasteiger partial charge on any atom is -0.353 e. The lowest BCUT2D eigenvalue weighted by molar-refractivity contribution is 0.407. The zero-order chi connectivity index (χ0) is 15.4. The molecule has 4 nitrogen and oxygen atoms in total. The normalized spacial score (nSPS) is 16.2. The van der Waals surface area contributed by atoms with E-state index in [2.05, 4.69) is 26.7 Å². The monoisotopic (exact) mass is 312 g/mol. The van der Waals surface area contributed by atoms with Gasteiger partial charge in [0, 0.05) is 18.6 Å². The van der Waals surface area contributed by atoms with Gasteiger partial charge in [-0.25, -0.2) is 4.98 Å². The molecule has 0 saturated heterocycles. The van der Waals surface area contributed by atoms with Crippen LogP contribution in [0.5, 0.6) is 0 Å². The summed E-state index contributed by atoms with van der Waals surface area (Å²) < 4.78 is 0. The molecule has 0 atom stereocenters. The van der Waals surface area contributed by atoms with Gasteiger partial charge >= 0.3 is 0 Å². The molecule has 2 heterocycles. The Morgan fingerprint density at radius 1 is 1.18 bits per heavy atom. The number of thiocarbonyl (C=S) groups is 1. The molecule has 114 valence electrons. The van der Waals surface area contributed by atoms with E-state index in [1.807, 2.05) is 37.5 Å². The van der Waals surface area contributed by atoms with E-state index in [0.29, 0.717) is 5.11 Å². The lowest BCUT2D eigenvalue weighted by Gasteiger charge is -2.32. The molecule has 1 saturated carbocycles. The quantitative estimate of drug-likeness (QED) is 0.849. The molecule has 0 aliphatic heterocycles. The molecule has 2 aromatic heterocycles. The Morgan fingerprint density at radius 3 is 2.64 bits per heavy atom. The number of hydrogen-bond acceptors (Lipinski definition) is 3. The van der Waals surface area contributed by atoms with Crippen LogP contribution in [0.4, 0.5) is 5.82 Å². The lowest BCUT2D eigenvalue weighted by atomic mass is 9.89. The first-order chi connectivity index (χ1) is 10.7. The Labute approximate surface area is 136 Å². The highest BCUT2D eigenvalue weighted by atomic mass is 32.1. The smallest absolute Gasteiger partial charge is 0.172 e. The summed E-state index contributed by atoms with van der Waals surface area (Å²) in [6.45, 7) is 2.02. The van der Waals surface area contributed by atoms with Gasteiger partial charge in [-0.15, -0.1) is 0 Å². The van der Waals surface area contributed by atoms with Crippen LogP contribution in [0.3, 0.4) is 0 Å². The molecule has 1 aliphatic carbocycles. The van der Waals surface area contributed by atoms with Gasteiger partial charge in [-0.3, -0.25) is 4.98 Å². The predicted molar refractivity (Wildman–Crippen MR) is 92.7 cm³/mol. The molecule has 0 amide bonds. The molecule has 1 aliphatic rings. The van der Waals surface area contributed by atoms with Crippen LogP contribution in [0.25, 0.3) is 0 Å². The van der Waals surface area contributed by atoms with E-state index < -0.39 is 0 Å². The zero-order valence-electron chi connectivity index (χ0n) is 12.7. The average Bonchev–Trinajstić information content (AvgIpc) is 3.00. The summed E-state index contributed by atoms with van der Waals surface area (Å²) in [7, 11) is 0. The Hall–Kier alpha value is -2.01. The van der Waals surface area contributed by atoms with Gasteiger partial charge in [0.1, 0.15) is 5.82 Å². The van der Waals surface area contributed by atoms with Crippen molar-refractivity contribution in [2.75, 3.05) is 5.32 Å². The summed E-state index contributed by atoms with van der Waals surface area (Å²) >= 11 is 5.49. The van der Waals surface area contributed by atoms with Crippen molar-refractivity contribution >= 4 is 23.1 Å². The minimum atomic E-state index is -0.108. The minimum absolute atomic E-state index is 0.108. The van der Waals surface area contributed by atoms with Gasteiger partial charge in [0.15, 0.2) is 5.11 Å². The molecule has 0 spiro atoms. The standard InChI is InChI=1S/C17H20N4S/c1-13-6-7-15(19-11-13)20-16(22)21-17(8-2-3-9-17)14-5-4-10-18-12-14/h4-7,10-12H,2-3,8-9H2,1H3,(H2,19,20,21,22). The first-order valence-corrected chi connectivity index (χ1v) is 8.01. The molecular formula is C17H20N4S. The first kappa shape index (κ1) is 14.9. The summed E-state index contributed by atoms with van der Waals surface area (Å²) in [4.78, 5) is 8.60. The van der Waals surface area contributed by atoms with Crippen molar-refractivity contribution < 1.29 is 0 Å². The van der Waals surface area contributed by atoms with Crippen LogP contribution in [-0.4, -0.2) is 15.1 Å². The Kier molecular flexibility index (Phi) is 4.34. The van der Waals surface area contributed by atoms with Gasteiger partial charge < -0.3 is 10.6 Å². The topological polar surface area (TPSA) is 49.8 Å². The van der Waals surface area contributed by atoms with Crippen molar-refractivity contribution in [3.8, 4) is 0 Å². The average molecular weight is 312 g/mol. The van der Waals surface area contributed by atoms with Gasteiger partial charge in [-0.2, -0.15) is 0 Å². The fourth-order valence-electron chi connectivity index (χ4n) is 3.02. The maximum absolute atomic E-state index is 5.49. The fourth-order valence-corrected chi connectivity index (χ4v) is 3.32. The van der Waals surface area contributed by atoms with Gasteiger partial charge in [0.05, 0.1) is 5.54 Å². The van der Waals surface area contributed by atoms with Crippen molar-refractivity contribution in [1.29, 1.82) is 0 Å². The summed E-state index contributed by atoms with van der Waals surface area (Å²) in [6.07, 6.45) is 10.1. The van der Waals surface area contributed by atoms with Gasteiger partial charge in [-0.05, 0) is 55.2 Å². The highest BCUT2D eigenvalue weighted by molar-refractivity contribution is 7.80. The Morgan fingerprint density at radius 2 is 2.00 bits per heavy atom. The molecule has 0 unspecified atom stereocenters. The molecule has 1 fully saturated rings. The Balaban J connectivity index is 1.74. The molecule has 0 radical (unpaired) electrons. The number of pyridine rings is 2. The van der Waals surface area contributed by atoms with Crippen molar-refractivity contribution in [3.05, 3.63) is 54.0 Å². The van der Waals surface area contributed by atoms with Crippen LogP contribution >= 0.6 is 12.2 Å². The summed E-state index contributed by atoms with van der Waals surface area (Å²) in [5.41, 5.74) is 2.23. The van der Waals surface area contributed by atoms with E-state index in [-0.39, 0.29) is 5.54 Å². The zero-order valence-corrected chi connectivity index (χ0v) is 13.5. The fraction of sp³-hybridized carbons (Fsp3) is 0.353. The maximum atomic E-state index is 5.49. The third-order valence-electron chi connectivity index (χ3n) is 4.18. The molecule has 22 heavy (non-hydrogen) atoms. The van der Waals surface area contributed by atoms with Crippen LogP contribution in [0.2, 0.25) is 0 Å². The summed E-state index contributed by atoms with van der Waals surface area (Å²) in [6, 6.07) is 8.06. The molecule has 5 heteroatoms. The van der Waals surface area contributed by atoms with E-state index in [0.717, 1.165) is 24.2 Å². The van der Waals surface area contributed by atoms with Crippen LogP contribution in [0.15, 0.2) is 42.9 Å². The number of rotatable bonds is 3. The number of anilines is 1. The molecule has 3 rings (SSSR count). The van der Waals surface area contributed by atoms with E-state index in [1.54, 1.807) is 6.20 Å². The van der Waals surface area contributed by atoms with Gasteiger partial charge in [0.25, 0.3) is 0 Å². The second-order valence-electron chi connectivity index (χ2n) is 5.83. The van der Waals surface area contributed by atoms with E-state index >= 15 is 0 Å². The molecule has 2 N–H and O–H groups in total. The molecular weight excluding hydrogens is 292 g/mol. The van der Waals surface area contributed by atoms with Crippen molar-refractivity contribution in [2.45, 2.75) is 38.1 Å². The number of aromatic nitrogens is 2. The molecule has 0 bridgehead atoms. The first-order valence-electron chi connectivity index (χ1n) is 7.60. The third kappa shape index (κ3) is 3.25. The number of nitrogens with zero attached hydrogens (tertiary/aromatic N) is 2. The third-order valence-corrected chi connectivity index (χ3v) is 4.38. The van der Waals surface area contributed by atoms with Crippen molar-refractivity contribution in [2.24, 2.45) is 0 Å². The maximum Gasteiger partial charge on any atom is 0.172 e. The largest absolute Gasteiger partial charge is 0.353 e. The second-order valence-corrected chi connectivity index (χ2v) is 6.24. The molecule has 2 aromatic rings. The number of nitrogens with one attached hydrogen (secondary N) is 2. The number of hydrogen-bond donors (Lipinski definition) is 2.